The third kappa shape index (κ3) is 5.43. The molecule has 4 heteroatoms. The summed E-state index contributed by atoms with van der Waals surface area (Å²) in [5.74, 6) is 0.617. The van der Waals surface area contributed by atoms with Gasteiger partial charge in [-0.3, -0.25) is 0 Å². The fourth-order valence-corrected chi connectivity index (χ4v) is 3.14. The van der Waals surface area contributed by atoms with Gasteiger partial charge in [-0.1, -0.05) is 13.8 Å². The lowest BCUT2D eigenvalue weighted by Gasteiger charge is -2.23. The first-order chi connectivity index (χ1) is 7.39. The highest BCUT2D eigenvalue weighted by Gasteiger charge is 2.21. The fourth-order valence-electron chi connectivity index (χ4n) is 1.51. The van der Waals surface area contributed by atoms with E-state index in [2.05, 4.69) is 41.2 Å². The Hall–Kier alpha value is 0.1000. The summed E-state index contributed by atoms with van der Waals surface area (Å²) >= 11 is 5.11. The molecule has 16 heavy (non-hydrogen) atoms. The van der Waals surface area contributed by atoms with Gasteiger partial charge in [0.1, 0.15) is 0 Å². The quantitative estimate of drug-likeness (QED) is 0.846. The van der Waals surface area contributed by atoms with Gasteiger partial charge >= 0.3 is 0 Å². The summed E-state index contributed by atoms with van der Waals surface area (Å²) in [6.45, 7) is 7.80. The first-order valence-corrected chi connectivity index (χ1v) is 7.22. The number of hydrogen-bond donors (Lipinski definition) is 2. The second-order valence-corrected chi connectivity index (χ2v) is 6.84. The Morgan fingerprint density at radius 3 is 2.75 bits per heavy atom. The second-order valence-electron chi connectivity index (χ2n) is 4.93. The van der Waals surface area contributed by atoms with Gasteiger partial charge in [0.05, 0.1) is 5.60 Å². The normalized spacial score (nSPS) is 15.4. The van der Waals surface area contributed by atoms with Crippen LogP contribution in [-0.2, 0) is 6.42 Å². The molecule has 1 aromatic heterocycles. The molecule has 1 rings (SSSR count). The minimum atomic E-state index is -0.667. The maximum Gasteiger partial charge on any atom is 0.0791 e. The zero-order valence-electron chi connectivity index (χ0n) is 10.1. The summed E-state index contributed by atoms with van der Waals surface area (Å²) in [5.41, 5.74) is -0.667. The monoisotopic (exact) mass is 305 g/mol. The molecule has 92 valence electrons. The Labute approximate surface area is 110 Å². The van der Waals surface area contributed by atoms with Crippen LogP contribution < -0.4 is 5.32 Å². The van der Waals surface area contributed by atoms with Gasteiger partial charge in [0.15, 0.2) is 0 Å². The van der Waals surface area contributed by atoms with Crippen molar-refractivity contribution >= 4 is 27.3 Å². The summed E-state index contributed by atoms with van der Waals surface area (Å²) in [4.78, 5) is 1.21. The van der Waals surface area contributed by atoms with E-state index < -0.39 is 5.60 Å². The van der Waals surface area contributed by atoms with Gasteiger partial charge in [-0.15, -0.1) is 11.3 Å². The summed E-state index contributed by atoms with van der Waals surface area (Å²) < 4.78 is 1.10. The first kappa shape index (κ1) is 14.2. The van der Waals surface area contributed by atoms with E-state index in [9.17, 15) is 5.11 Å². The molecule has 1 aromatic rings. The van der Waals surface area contributed by atoms with E-state index in [4.69, 9.17) is 0 Å². The first-order valence-electron chi connectivity index (χ1n) is 5.55. The maximum atomic E-state index is 10.2. The van der Waals surface area contributed by atoms with Gasteiger partial charge in [-0.25, -0.2) is 0 Å². The van der Waals surface area contributed by atoms with Crippen LogP contribution in [0.4, 0.5) is 0 Å². The molecule has 0 radical (unpaired) electrons. The lowest BCUT2D eigenvalue weighted by atomic mass is 10.0. The Morgan fingerprint density at radius 1 is 1.56 bits per heavy atom. The van der Waals surface area contributed by atoms with E-state index in [0.717, 1.165) is 11.0 Å². The molecule has 0 bridgehead atoms. The van der Waals surface area contributed by atoms with Crippen LogP contribution in [0.5, 0.6) is 0 Å². The summed E-state index contributed by atoms with van der Waals surface area (Å²) in [6, 6.07) is 2.07. The lowest BCUT2D eigenvalue weighted by molar-refractivity contribution is 0.0604. The standard InChI is InChI=1S/C12H20BrNOS/c1-9(2)6-14-8-12(3,15)5-11-4-10(13)7-16-11/h4,7,9,14-15H,5-6,8H2,1-3H3. The van der Waals surface area contributed by atoms with Gasteiger partial charge in [-0.2, -0.15) is 0 Å². The number of halogens is 1. The third-order valence-electron chi connectivity index (χ3n) is 2.24. The van der Waals surface area contributed by atoms with Gasteiger partial charge < -0.3 is 10.4 Å². The van der Waals surface area contributed by atoms with E-state index >= 15 is 0 Å². The number of nitrogens with one attached hydrogen (secondary N) is 1. The molecule has 0 amide bonds. The number of rotatable bonds is 6. The van der Waals surface area contributed by atoms with Crippen molar-refractivity contribution in [2.24, 2.45) is 5.92 Å². The average Bonchev–Trinajstić information content (AvgIpc) is 2.48. The van der Waals surface area contributed by atoms with Crippen LogP contribution in [0.3, 0.4) is 0 Å². The van der Waals surface area contributed by atoms with E-state index in [1.807, 2.05) is 12.3 Å². The van der Waals surface area contributed by atoms with Crippen molar-refractivity contribution in [2.45, 2.75) is 32.8 Å². The van der Waals surface area contributed by atoms with Crippen molar-refractivity contribution in [3.8, 4) is 0 Å². The van der Waals surface area contributed by atoms with Crippen LogP contribution >= 0.6 is 27.3 Å². The SMILES string of the molecule is CC(C)CNCC(C)(O)Cc1cc(Br)cs1. The van der Waals surface area contributed by atoms with Crippen LogP contribution in [0.25, 0.3) is 0 Å². The molecule has 1 atom stereocenters. The average molecular weight is 306 g/mol. The summed E-state index contributed by atoms with van der Waals surface area (Å²) in [7, 11) is 0. The largest absolute Gasteiger partial charge is 0.388 e. The third-order valence-corrected chi connectivity index (χ3v) is 3.93. The molecule has 2 N–H and O–H groups in total. The van der Waals surface area contributed by atoms with E-state index in [1.54, 1.807) is 11.3 Å². The molecule has 1 unspecified atom stereocenters. The highest BCUT2D eigenvalue weighted by Crippen LogP contribution is 2.23. The summed E-state index contributed by atoms with van der Waals surface area (Å²) in [6.07, 6.45) is 0.703. The molecule has 0 aromatic carbocycles. The van der Waals surface area contributed by atoms with Crippen molar-refractivity contribution in [1.82, 2.24) is 5.32 Å². The Balaban J connectivity index is 2.39. The number of hydrogen-bond acceptors (Lipinski definition) is 3. The van der Waals surface area contributed by atoms with Crippen LogP contribution in [0.1, 0.15) is 25.6 Å². The van der Waals surface area contributed by atoms with Crippen molar-refractivity contribution in [1.29, 1.82) is 0 Å². The molecule has 0 fully saturated rings. The van der Waals surface area contributed by atoms with E-state index in [1.165, 1.54) is 4.88 Å². The Bertz CT molecular complexity index is 323. The van der Waals surface area contributed by atoms with Crippen molar-refractivity contribution in [2.75, 3.05) is 13.1 Å². The zero-order chi connectivity index (χ0) is 12.2. The molecule has 0 aliphatic heterocycles. The molecule has 0 aliphatic rings. The van der Waals surface area contributed by atoms with Crippen LogP contribution in [-0.4, -0.2) is 23.8 Å². The van der Waals surface area contributed by atoms with Crippen molar-refractivity contribution in [3.05, 3.63) is 20.8 Å². The summed E-state index contributed by atoms with van der Waals surface area (Å²) in [5, 5.41) is 15.6. The van der Waals surface area contributed by atoms with Gasteiger partial charge in [0.2, 0.25) is 0 Å². The van der Waals surface area contributed by atoms with E-state index in [-0.39, 0.29) is 0 Å². The molecule has 0 spiro atoms. The van der Waals surface area contributed by atoms with Crippen molar-refractivity contribution < 1.29 is 5.11 Å². The predicted molar refractivity (Wildman–Crippen MR) is 74.1 cm³/mol. The lowest BCUT2D eigenvalue weighted by Crippen LogP contribution is -2.40. The minimum absolute atomic E-state index is 0.617. The Kier molecular flexibility index (Phi) is 5.44. The molecular formula is C12H20BrNOS. The minimum Gasteiger partial charge on any atom is -0.388 e. The van der Waals surface area contributed by atoms with Gasteiger partial charge in [-0.05, 0) is 41.4 Å². The Morgan fingerprint density at radius 2 is 2.25 bits per heavy atom. The number of thiophene rings is 1. The van der Waals surface area contributed by atoms with Gasteiger partial charge in [0.25, 0.3) is 0 Å². The van der Waals surface area contributed by atoms with Crippen LogP contribution in [0.2, 0.25) is 0 Å². The molecule has 0 saturated heterocycles. The van der Waals surface area contributed by atoms with E-state index in [0.29, 0.717) is 18.9 Å². The van der Waals surface area contributed by atoms with Crippen LogP contribution in [0, 0.1) is 5.92 Å². The molecule has 0 saturated carbocycles. The van der Waals surface area contributed by atoms with Crippen LogP contribution in [0.15, 0.2) is 15.9 Å². The molecule has 1 heterocycles. The molecular weight excluding hydrogens is 286 g/mol. The highest BCUT2D eigenvalue weighted by atomic mass is 79.9. The topological polar surface area (TPSA) is 32.3 Å². The predicted octanol–water partition coefficient (Wildman–Crippen LogP) is 3.05. The molecule has 2 nitrogen and oxygen atoms in total. The molecule has 0 aliphatic carbocycles. The highest BCUT2D eigenvalue weighted by molar-refractivity contribution is 9.10. The maximum absolute atomic E-state index is 10.2. The number of aliphatic hydroxyl groups is 1. The van der Waals surface area contributed by atoms with Crippen molar-refractivity contribution in [3.63, 3.8) is 0 Å². The zero-order valence-corrected chi connectivity index (χ0v) is 12.5. The van der Waals surface area contributed by atoms with Gasteiger partial charge in [0, 0.05) is 27.7 Å². The fraction of sp³-hybridized carbons (Fsp3) is 0.667. The second kappa shape index (κ2) is 6.15. The smallest absolute Gasteiger partial charge is 0.0791 e.